The van der Waals surface area contributed by atoms with Crippen molar-refractivity contribution in [3.8, 4) is 5.75 Å². The molecule has 1 rings (SSSR count). The Hall–Kier alpha value is -1.02. The van der Waals surface area contributed by atoms with Crippen molar-refractivity contribution in [2.45, 2.75) is 27.2 Å². The van der Waals surface area contributed by atoms with Crippen LogP contribution in [0.25, 0.3) is 0 Å². The molecule has 0 spiro atoms. The Morgan fingerprint density at radius 1 is 1.06 bits per heavy atom. The molecule has 0 radical (unpaired) electrons. The molecular weight excluding hydrogens is 210 g/mol. The van der Waals surface area contributed by atoms with E-state index in [1.54, 1.807) is 7.11 Å². The second-order valence-corrected chi connectivity index (χ2v) is 5.21. The van der Waals surface area contributed by atoms with Crippen molar-refractivity contribution in [2.24, 2.45) is 11.8 Å². The summed E-state index contributed by atoms with van der Waals surface area (Å²) in [6.07, 6.45) is 1.12. The van der Waals surface area contributed by atoms with Crippen molar-refractivity contribution in [3.63, 3.8) is 0 Å². The molecular formula is C15H25NO. The summed E-state index contributed by atoms with van der Waals surface area (Å²) in [6, 6.07) is 8.36. The Kier molecular flexibility index (Phi) is 6.06. The molecule has 1 N–H and O–H groups in total. The van der Waals surface area contributed by atoms with Crippen LogP contribution in [0.4, 0.5) is 0 Å². The number of nitrogens with one attached hydrogen (secondary N) is 1. The largest absolute Gasteiger partial charge is 0.497 e. The van der Waals surface area contributed by atoms with Gasteiger partial charge in [0.15, 0.2) is 0 Å². The lowest BCUT2D eigenvalue weighted by molar-refractivity contribution is 0.414. The van der Waals surface area contributed by atoms with Gasteiger partial charge >= 0.3 is 0 Å². The molecule has 2 heteroatoms. The van der Waals surface area contributed by atoms with Gasteiger partial charge in [-0.05, 0) is 49.0 Å². The molecule has 0 saturated carbocycles. The van der Waals surface area contributed by atoms with Crippen molar-refractivity contribution in [1.82, 2.24) is 5.32 Å². The van der Waals surface area contributed by atoms with Crippen LogP contribution >= 0.6 is 0 Å². The predicted molar refractivity (Wildman–Crippen MR) is 73.6 cm³/mol. The van der Waals surface area contributed by atoms with Gasteiger partial charge < -0.3 is 10.1 Å². The summed E-state index contributed by atoms with van der Waals surface area (Å²) < 4.78 is 5.15. The summed E-state index contributed by atoms with van der Waals surface area (Å²) in [5, 5.41) is 3.50. The molecule has 0 heterocycles. The number of hydrogen-bond acceptors (Lipinski definition) is 2. The lowest BCUT2D eigenvalue weighted by atomic mass is 10.0. The first-order valence-corrected chi connectivity index (χ1v) is 6.45. The monoisotopic (exact) mass is 235 g/mol. The Bertz CT molecular complexity index is 305. The Balaban J connectivity index is 2.31. The summed E-state index contributed by atoms with van der Waals surface area (Å²) in [4.78, 5) is 0. The maximum absolute atomic E-state index is 5.15. The topological polar surface area (TPSA) is 21.3 Å². The summed E-state index contributed by atoms with van der Waals surface area (Å²) in [6.45, 7) is 8.96. The number of methoxy groups -OCH3 is 1. The van der Waals surface area contributed by atoms with Crippen molar-refractivity contribution in [3.05, 3.63) is 29.8 Å². The van der Waals surface area contributed by atoms with Crippen molar-refractivity contribution < 1.29 is 4.74 Å². The summed E-state index contributed by atoms with van der Waals surface area (Å²) >= 11 is 0. The number of rotatable bonds is 7. The molecule has 96 valence electrons. The van der Waals surface area contributed by atoms with Crippen LogP contribution in [0.3, 0.4) is 0 Å². The third-order valence-electron chi connectivity index (χ3n) is 2.79. The highest BCUT2D eigenvalue weighted by Gasteiger charge is 2.04. The Morgan fingerprint density at radius 3 is 2.24 bits per heavy atom. The van der Waals surface area contributed by atoms with Gasteiger partial charge in [-0.1, -0.05) is 32.9 Å². The maximum Gasteiger partial charge on any atom is 0.118 e. The van der Waals surface area contributed by atoms with Crippen LogP contribution in [0.5, 0.6) is 5.75 Å². The highest BCUT2D eigenvalue weighted by Crippen LogP contribution is 2.14. The summed E-state index contributed by atoms with van der Waals surface area (Å²) in [5.74, 6) is 2.32. The van der Waals surface area contributed by atoms with E-state index < -0.39 is 0 Å². The van der Waals surface area contributed by atoms with Gasteiger partial charge in [0.25, 0.3) is 0 Å². The molecule has 17 heavy (non-hydrogen) atoms. The van der Waals surface area contributed by atoms with Crippen LogP contribution in [-0.4, -0.2) is 20.2 Å². The average molecular weight is 235 g/mol. The van der Waals surface area contributed by atoms with Gasteiger partial charge in [0.1, 0.15) is 5.75 Å². The number of ether oxygens (including phenoxy) is 1. The number of benzene rings is 1. The van der Waals surface area contributed by atoms with E-state index in [1.807, 2.05) is 12.1 Å². The normalized spacial score (nSPS) is 12.8. The SMILES string of the molecule is COc1ccc(CC(C)CNCC(C)C)cc1. The van der Waals surface area contributed by atoms with Gasteiger partial charge in [-0.3, -0.25) is 0 Å². The molecule has 0 aromatic heterocycles. The van der Waals surface area contributed by atoms with Crippen LogP contribution in [0, 0.1) is 11.8 Å². The molecule has 0 aliphatic carbocycles. The quantitative estimate of drug-likeness (QED) is 0.784. The van der Waals surface area contributed by atoms with Gasteiger partial charge in [0, 0.05) is 0 Å². The van der Waals surface area contributed by atoms with Crippen LogP contribution in [0.2, 0.25) is 0 Å². The van der Waals surface area contributed by atoms with E-state index in [4.69, 9.17) is 4.74 Å². The van der Waals surface area contributed by atoms with Gasteiger partial charge in [-0.2, -0.15) is 0 Å². The van der Waals surface area contributed by atoms with Crippen molar-refractivity contribution in [1.29, 1.82) is 0 Å². The molecule has 1 atom stereocenters. The first-order chi connectivity index (χ1) is 8.11. The minimum absolute atomic E-state index is 0.669. The molecule has 0 amide bonds. The average Bonchev–Trinajstić information content (AvgIpc) is 2.29. The maximum atomic E-state index is 5.15. The first kappa shape index (κ1) is 14.0. The summed E-state index contributed by atoms with van der Waals surface area (Å²) in [5.41, 5.74) is 1.38. The van der Waals surface area contributed by atoms with Crippen LogP contribution in [0.1, 0.15) is 26.3 Å². The molecule has 0 fully saturated rings. The zero-order valence-corrected chi connectivity index (χ0v) is 11.5. The second kappa shape index (κ2) is 7.33. The van der Waals surface area contributed by atoms with Crippen LogP contribution in [0.15, 0.2) is 24.3 Å². The van der Waals surface area contributed by atoms with Crippen molar-refractivity contribution in [2.75, 3.05) is 20.2 Å². The predicted octanol–water partition coefficient (Wildman–Crippen LogP) is 3.12. The molecule has 0 aliphatic rings. The van der Waals surface area contributed by atoms with E-state index in [2.05, 4.69) is 38.2 Å². The lowest BCUT2D eigenvalue weighted by Crippen LogP contribution is -2.26. The van der Waals surface area contributed by atoms with Crippen LogP contribution < -0.4 is 10.1 Å². The van der Waals surface area contributed by atoms with Crippen molar-refractivity contribution >= 4 is 0 Å². The van der Waals surface area contributed by atoms with E-state index in [0.29, 0.717) is 5.92 Å². The van der Waals surface area contributed by atoms with Crippen LogP contribution in [-0.2, 0) is 6.42 Å². The minimum atomic E-state index is 0.669. The third kappa shape index (κ3) is 5.73. The number of hydrogen-bond donors (Lipinski definition) is 1. The molecule has 1 aromatic carbocycles. The molecule has 0 saturated heterocycles. The minimum Gasteiger partial charge on any atom is -0.497 e. The first-order valence-electron chi connectivity index (χ1n) is 6.45. The summed E-state index contributed by atoms with van der Waals surface area (Å²) in [7, 11) is 1.70. The second-order valence-electron chi connectivity index (χ2n) is 5.21. The fraction of sp³-hybridized carbons (Fsp3) is 0.600. The fourth-order valence-corrected chi connectivity index (χ4v) is 1.85. The molecule has 1 aromatic rings. The van der Waals surface area contributed by atoms with Gasteiger partial charge in [0.05, 0.1) is 7.11 Å². The van der Waals surface area contributed by atoms with E-state index >= 15 is 0 Å². The zero-order valence-electron chi connectivity index (χ0n) is 11.5. The van der Waals surface area contributed by atoms with E-state index in [1.165, 1.54) is 5.56 Å². The smallest absolute Gasteiger partial charge is 0.118 e. The van der Waals surface area contributed by atoms with E-state index in [0.717, 1.165) is 31.2 Å². The van der Waals surface area contributed by atoms with Gasteiger partial charge in [-0.25, -0.2) is 0 Å². The fourth-order valence-electron chi connectivity index (χ4n) is 1.85. The molecule has 1 unspecified atom stereocenters. The molecule has 2 nitrogen and oxygen atoms in total. The third-order valence-corrected chi connectivity index (χ3v) is 2.79. The Labute approximate surface area is 105 Å². The van der Waals surface area contributed by atoms with E-state index in [9.17, 15) is 0 Å². The van der Waals surface area contributed by atoms with Gasteiger partial charge in [0.2, 0.25) is 0 Å². The highest BCUT2D eigenvalue weighted by atomic mass is 16.5. The molecule has 0 bridgehead atoms. The highest BCUT2D eigenvalue weighted by molar-refractivity contribution is 5.27. The van der Waals surface area contributed by atoms with Gasteiger partial charge in [-0.15, -0.1) is 0 Å². The Morgan fingerprint density at radius 2 is 1.71 bits per heavy atom. The van der Waals surface area contributed by atoms with E-state index in [-0.39, 0.29) is 0 Å². The standard InChI is InChI=1S/C15H25NO/c1-12(2)10-16-11-13(3)9-14-5-7-15(17-4)8-6-14/h5-8,12-13,16H,9-11H2,1-4H3. The lowest BCUT2D eigenvalue weighted by Gasteiger charge is -2.14. The zero-order chi connectivity index (χ0) is 12.7. The molecule has 0 aliphatic heterocycles.